The van der Waals surface area contributed by atoms with Gasteiger partial charge < -0.3 is 9.47 Å². The highest BCUT2D eigenvalue weighted by Gasteiger charge is 2.16. The monoisotopic (exact) mass is 469 g/mol. The molecule has 0 aliphatic rings. The maximum absolute atomic E-state index is 14.4. The molecule has 172 valence electrons. The number of benzene rings is 4. The molecule has 35 heavy (non-hydrogen) atoms. The molecule has 0 atom stereocenters. The van der Waals surface area contributed by atoms with Crippen molar-refractivity contribution in [3.05, 3.63) is 114 Å². The van der Waals surface area contributed by atoms with Crippen molar-refractivity contribution in [3.8, 4) is 33.8 Å². The molecule has 7 heteroatoms. The minimum absolute atomic E-state index is 0.0697. The number of hydrogen-bond acceptors (Lipinski definition) is 4. The van der Waals surface area contributed by atoms with Crippen molar-refractivity contribution in [1.82, 2.24) is 0 Å². The van der Waals surface area contributed by atoms with Crippen molar-refractivity contribution >= 4 is 17.6 Å². The van der Waals surface area contributed by atoms with Gasteiger partial charge in [0.2, 0.25) is 0 Å². The molecule has 0 fully saturated rings. The molecule has 0 aromatic heterocycles. The van der Waals surface area contributed by atoms with Crippen LogP contribution < -0.4 is 9.47 Å². The van der Waals surface area contributed by atoms with Crippen LogP contribution in [0.25, 0.3) is 27.1 Å². The van der Waals surface area contributed by atoms with Gasteiger partial charge in [-0.2, -0.15) is 0 Å². The van der Waals surface area contributed by atoms with Gasteiger partial charge in [-0.1, -0.05) is 48.5 Å². The predicted octanol–water partition coefficient (Wildman–Crippen LogP) is 6.75. The van der Waals surface area contributed by atoms with Crippen LogP contribution in [-0.2, 0) is 9.59 Å². The van der Waals surface area contributed by atoms with E-state index in [-0.39, 0.29) is 17.1 Å². The largest absolute Gasteiger partial charge is 0.426 e. The fourth-order valence-corrected chi connectivity index (χ4v) is 3.32. The van der Waals surface area contributed by atoms with Crippen LogP contribution in [0, 0.1) is 18.2 Å². The van der Waals surface area contributed by atoms with Crippen molar-refractivity contribution in [1.29, 1.82) is 0 Å². The number of esters is 2. The first-order valence-corrected chi connectivity index (χ1v) is 10.5. The molecular weight excluding hydrogens is 452 g/mol. The van der Waals surface area contributed by atoms with E-state index in [1.54, 1.807) is 36.4 Å². The van der Waals surface area contributed by atoms with E-state index < -0.39 is 30.0 Å². The topological polar surface area (TPSA) is 57.0 Å². The van der Waals surface area contributed by atoms with E-state index in [2.05, 4.69) is 4.85 Å². The zero-order valence-electron chi connectivity index (χ0n) is 18.2. The lowest BCUT2D eigenvalue weighted by Gasteiger charge is -2.08. The van der Waals surface area contributed by atoms with Crippen molar-refractivity contribution in [2.24, 2.45) is 0 Å². The molecule has 0 radical (unpaired) electrons. The molecule has 4 aromatic carbocycles. The minimum atomic E-state index is -0.902. The Kier molecular flexibility index (Phi) is 6.94. The molecule has 0 saturated heterocycles. The van der Waals surface area contributed by atoms with Gasteiger partial charge >= 0.3 is 11.9 Å². The Bertz CT molecular complexity index is 1410. The standard InChI is InChI=1S/C28H17F2NO4/c1-31-22-10-4-18(5-11-22)19-6-12-23(13-7-19)34-27(32)17-28(33)35-24-14-15-25(26(30)16-24)20-2-8-21(29)9-3-20/h2-16H,17H2. The summed E-state index contributed by atoms with van der Waals surface area (Å²) in [5, 5.41) is 0. The minimum Gasteiger partial charge on any atom is -0.426 e. The van der Waals surface area contributed by atoms with Gasteiger partial charge in [0.25, 0.3) is 0 Å². The maximum Gasteiger partial charge on any atom is 0.322 e. The highest BCUT2D eigenvalue weighted by molar-refractivity contribution is 5.93. The van der Waals surface area contributed by atoms with E-state index >= 15 is 0 Å². The summed E-state index contributed by atoms with van der Waals surface area (Å²) in [7, 11) is 0. The number of halogens is 2. The van der Waals surface area contributed by atoms with Crippen LogP contribution >= 0.6 is 0 Å². The SMILES string of the molecule is [C-]#[N+]c1ccc(-c2ccc(OC(=O)CC(=O)Oc3ccc(-c4ccc(F)cc4)c(F)c3)cc2)cc1. The molecule has 0 amide bonds. The van der Waals surface area contributed by atoms with Gasteiger partial charge in [0.05, 0.1) is 6.57 Å². The summed E-state index contributed by atoms with van der Waals surface area (Å²) in [6.45, 7) is 7.00. The Labute approximate surface area is 200 Å². The first kappa shape index (κ1) is 23.3. The first-order chi connectivity index (χ1) is 16.9. The Morgan fingerprint density at radius 2 is 1.20 bits per heavy atom. The zero-order valence-corrected chi connectivity index (χ0v) is 18.2. The molecule has 0 saturated carbocycles. The van der Waals surface area contributed by atoms with Crippen LogP contribution in [0.3, 0.4) is 0 Å². The van der Waals surface area contributed by atoms with Gasteiger partial charge in [0.15, 0.2) is 5.69 Å². The molecular formula is C28H17F2NO4. The lowest BCUT2D eigenvalue weighted by molar-refractivity contribution is -0.144. The summed E-state index contributed by atoms with van der Waals surface area (Å²) in [6, 6.07) is 22.9. The summed E-state index contributed by atoms with van der Waals surface area (Å²) in [5.41, 5.74) is 2.99. The normalized spacial score (nSPS) is 10.3. The highest BCUT2D eigenvalue weighted by atomic mass is 19.1. The summed E-state index contributed by atoms with van der Waals surface area (Å²) >= 11 is 0. The molecule has 4 rings (SSSR count). The average molecular weight is 469 g/mol. The molecule has 0 spiro atoms. The molecule has 0 N–H and O–H groups in total. The second kappa shape index (κ2) is 10.4. The van der Waals surface area contributed by atoms with E-state index in [4.69, 9.17) is 16.0 Å². The smallest absolute Gasteiger partial charge is 0.322 e. The van der Waals surface area contributed by atoms with E-state index in [9.17, 15) is 18.4 Å². The second-order valence-corrected chi connectivity index (χ2v) is 7.46. The predicted molar refractivity (Wildman–Crippen MR) is 126 cm³/mol. The van der Waals surface area contributed by atoms with Crippen molar-refractivity contribution < 1.29 is 27.8 Å². The van der Waals surface area contributed by atoms with Gasteiger partial charge in [-0.05, 0) is 53.1 Å². The fourth-order valence-electron chi connectivity index (χ4n) is 3.32. The summed E-state index contributed by atoms with van der Waals surface area (Å²) < 4.78 is 37.7. The lowest BCUT2D eigenvalue weighted by Crippen LogP contribution is -2.18. The summed E-state index contributed by atoms with van der Waals surface area (Å²) in [4.78, 5) is 27.6. The van der Waals surface area contributed by atoms with Crippen LogP contribution in [0.4, 0.5) is 14.5 Å². The third-order valence-corrected chi connectivity index (χ3v) is 5.03. The van der Waals surface area contributed by atoms with Crippen molar-refractivity contribution in [3.63, 3.8) is 0 Å². The fraction of sp³-hybridized carbons (Fsp3) is 0.0357. The molecule has 5 nitrogen and oxygen atoms in total. The van der Waals surface area contributed by atoms with E-state index in [0.717, 1.165) is 17.2 Å². The number of carbonyl (C=O) groups excluding carboxylic acids is 2. The molecule has 0 aliphatic carbocycles. The van der Waals surface area contributed by atoms with Gasteiger partial charge in [-0.15, -0.1) is 0 Å². The first-order valence-electron chi connectivity index (χ1n) is 10.5. The van der Waals surface area contributed by atoms with E-state index in [1.807, 2.05) is 12.1 Å². The highest BCUT2D eigenvalue weighted by Crippen LogP contribution is 2.27. The van der Waals surface area contributed by atoms with Gasteiger partial charge in [0.1, 0.15) is 29.6 Å². The Hall–Kier alpha value is -4.83. The van der Waals surface area contributed by atoms with Crippen LogP contribution in [0.15, 0.2) is 91.0 Å². The molecule has 0 heterocycles. The number of nitrogens with zero attached hydrogens (tertiary/aromatic N) is 1. The third kappa shape index (κ3) is 5.95. The molecule has 0 bridgehead atoms. The molecule has 0 aliphatic heterocycles. The Balaban J connectivity index is 1.33. The third-order valence-electron chi connectivity index (χ3n) is 5.03. The molecule has 4 aromatic rings. The van der Waals surface area contributed by atoms with Gasteiger partial charge in [-0.3, -0.25) is 9.59 Å². The van der Waals surface area contributed by atoms with Crippen LogP contribution in [0.2, 0.25) is 0 Å². The summed E-state index contributed by atoms with van der Waals surface area (Å²) in [5.74, 6) is -2.64. The van der Waals surface area contributed by atoms with Gasteiger partial charge in [0, 0.05) is 11.6 Å². The van der Waals surface area contributed by atoms with Crippen LogP contribution in [0.1, 0.15) is 6.42 Å². The number of rotatable bonds is 6. The van der Waals surface area contributed by atoms with Crippen LogP contribution in [0.5, 0.6) is 11.5 Å². The van der Waals surface area contributed by atoms with Crippen LogP contribution in [-0.4, -0.2) is 11.9 Å². The number of ether oxygens (including phenoxy) is 2. The number of hydrogen-bond donors (Lipinski definition) is 0. The maximum atomic E-state index is 14.4. The van der Waals surface area contributed by atoms with Crippen molar-refractivity contribution in [2.45, 2.75) is 6.42 Å². The Morgan fingerprint density at radius 1 is 0.686 bits per heavy atom. The summed E-state index contributed by atoms with van der Waals surface area (Å²) in [6.07, 6.45) is -0.666. The second-order valence-electron chi connectivity index (χ2n) is 7.46. The zero-order chi connectivity index (χ0) is 24.8. The molecule has 0 unspecified atom stereocenters. The average Bonchev–Trinajstić information content (AvgIpc) is 2.85. The Morgan fingerprint density at radius 3 is 1.77 bits per heavy atom. The quantitative estimate of drug-likeness (QED) is 0.136. The van der Waals surface area contributed by atoms with Crippen molar-refractivity contribution in [2.75, 3.05) is 0 Å². The van der Waals surface area contributed by atoms with Gasteiger partial charge in [-0.25, -0.2) is 13.6 Å². The lowest BCUT2D eigenvalue weighted by atomic mass is 10.1. The number of carbonyl (C=O) groups is 2. The van der Waals surface area contributed by atoms with E-state index in [0.29, 0.717) is 11.3 Å². The van der Waals surface area contributed by atoms with E-state index in [1.165, 1.54) is 36.4 Å².